The number of rotatable bonds is 7. The number of nitrogens with zero attached hydrogens (tertiary/aromatic N) is 1. The normalized spacial score (nSPS) is 20.6. The Balaban J connectivity index is 2.44. The number of sulfonamides is 1. The van der Waals surface area contributed by atoms with Crippen molar-refractivity contribution in [1.29, 1.82) is 0 Å². The molecule has 0 spiro atoms. The first-order valence-corrected chi connectivity index (χ1v) is 11.5. The van der Waals surface area contributed by atoms with Crippen LogP contribution in [0.4, 0.5) is 0 Å². The lowest BCUT2D eigenvalue weighted by Gasteiger charge is -2.27. The molecule has 1 atom stereocenters. The number of amides is 1. The molecular formula is C16H24N2O4S3. The summed E-state index contributed by atoms with van der Waals surface area (Å²) in [6.45, 7) is 6.15. The summed E-state index contributed by atoms with van der Waals surface area (Å²) < 4.78 is 27.1. The molecule has 1 aromatic rings. The van der Waals surface area contributed by atoms with Crippen molar-refractivity contribution >= 4 is 39.5 Å². The molecule has 140 valence electrons. The van der Waals surface area contributed by atoms with Crippen LogP contribution in [0.2, 0.25) is 0 Å². The van der Waals surface area contributed by atoms with Gasteiger partial charge in [0.1, 0.15) is 6.04 Å². The molecule has 25 heavy (non-hydrogen) atoms. The summed E-state index contributed by atoms with van der Waals surface area (Å²) in [5.41, 5.74) is 2.59. The molecular weight excluding hydrogens is 380 g/mol. The van der Waals surface area contributed by atoms with Gasteiger partial charge in [-0.3, -0.25) is 10.0 Å². The first-order valence-electron chi connectivity index (χ1n) is 8.10. The van der Waals surface area contributed by atoms with Crippen molar-refractivity contribution in [3.05, 3.63) is 29.8 Å². The summed E-state index contributed by atoms with van der Waals surface area (Å²) in [6.07, 6.45) is 0.363. The van der Waals surface area contributed by atoms with E-state index in [4.69, 9.17) is 5.21 Å². The van der Waals surface area contributed by atoms with Gasteiger partial charge < -0.3 is 0 Å². The Morgan fingerprint density at radius 3 is 2.32 bits per heavy atom. The monoisotopic (exact) mass is 404 g/mol. The van der Waals surface area contributed by atoms with E-state index < -0.39 is 26.1 Å². The minimum absolute atomic E-state index is 0.160. The molecule has 0 bridgehead atoms. The summed E-state index contributed by atoms with van der Waals surface area (Å²) >= 11 is 3.31. The zero-order valence-electron chi connectivity index (χ0n) is 14.6. The van der Waals surface area contributed by atoms with Crippen LogP contribution < -0.4 is 5.48 Å². The van der Waals surface area contributed by atoms with E-state index in [-0.39, 0.29) is 11.4 Å². The van der Waals surface area contributed by atoms with Gasteiger partial charge in [-0.15, -0.1) is 23.5 Å². The standard InChI is InChI=1S/C16H24N2O4S3/c1-4-23-16(24-5-2)10-14(15(19)17-20)18(11-16)25(21,22)13-8-6-12(3)7-9-13/h6-9,14,20H,4-5,10-11H2,1-3H3,(H,17,19)/t14-/m1/s1. The number of carbonyl (C=O) groups excluding carboxylic acids is 1. The third-order valence-corrected chi connectivity index (χ3v) is 8.90. The second-order valence-electron chi connectivity index (χ2n) is 5.84. The van der Waals surface area contributed by atoms with E-state index in [2.05, 4.69) is 0 Å². The Hall–Kier alpha value is -0.740. The van der Waals surface area contributed by atoms with Gasteiger partial charge in [0.25, 0.3) is 5.91 Å². The number of hydroxylamine groups is 1. The van der Waals surface area contributed by atoms with E-state index in [1.807, 2.05) is 20.8 Å². The summed E-state index contributed by atoms with van der Waals surface area (Å²) in [4.78, 5) is 12.3. The van der Waals surface area contributed by atoms with Gasteiger partial charge in [0.2, 0.25) is 10.0 Å². The summed E-state index contributed by atoms with van der Waals surface area (Å²) in [5.74, 6) is 0.948. The minimum atomic E-state index is -3.83. The van der Waals surface area contributed by atoms with Gasteiger partial charge in [-0.25, -0.2) is 13.9 Å². The molecule has 1 heterocycles. The van der Waals surface area contributed by atoms with Crippen molar-refractivity contribution in [2.45, 2.75) is 42.2 Å². The van der Waals surface area contributed by atoms with Crippen molar-refractivity contribution in [3.63, 3.8) is 0 Å². The summed E-state index contributed by atoms with van der Waals surface area (Å²) in [5, 5.41) is 9.08. The number of benzene rings is 1. The van der Waals surface area contributed by atoms with Crippen LogP contribution in [-0.4, -0.2) is 52.0 Å². The van der Waals surface area contributed by atoms with E-state index >= 15 is 0 Å². The maximum Gasteiger partial charge on any atom is 0.261 e. The smallest absolute Gasteiger partial charge is 0.261 e. The van der Waals surface area contributed by atoms with Crippen LogP contribution in [0.5, 0.6) is 0 Å². The molecule has 1 aliphatic rings. The second-order valence-corrected chi connectivity index (χ2v) is 11.3. The molecule has 1 aliphatic heterocycles. The van der Waals surface area contributed by atoms with E-state index in [9.17, 15) is 13.2 Å². The Bertz CT molecular complexity index is 701. The third-order valence-electron chi connectivity index (χ3n) is 4.10. The maximum absolute atomic E-state index is 13.1. The van der Waals surface area contributed by atoms with Crippen molar-refractivity contribution in [2.24, 2.45) is 0 Å². The molecule has 2 rings (SSSR count). The number of hydrogen-bond acceptors (Lipinski definition) is 6. The highest BCUT2D eigenvalue weighted by Crippen LogP contribution is 2.48. The fourth-order valence-corrected chi connectivity index (χ4v) is 7.90. The third kappa shape index (κ3) is 4.33. The van der Waals surface area contributed by atoms with E-state index in [1.54, 1.807) is 53.3 Å². The minimum Gasteiger partial charge on any atom is -0.289 e. The number of aryl methyl sites for hydroxylation is 1. The lowest BCUT2D eigenvalue weighted by Crippen LogP contribution is -2.45. The van der Waals surface area contributed by atoms with Gasteiger partial charge in [0.15, 0.2) is 0 Å². The predicted octanol–water partition coefficient (Wildman–Crippen LogP) is 2.47. The largest absolute Gasteiger partial charge is 0.289 e. The van der Waals surface area contributed by atoms with Gasteiger partial charge in [0, 0.05) is 6.54 Å². The van der Waals surface area contributed by atoms with Gasteiger partial charge in [0.05, 0.1) is 8.97 Å². The van der Waals surface area contributed by atoms with E-state index in [0.29, 0.717) is 6.42 Å². The average molecular weight is 405 g/mol. The van der Waals surface area contributed by atoms with Crippen LogP contribution in [0.3, 0.4) is 0 Å². The Morgan fingerprint density at radius 2 is 1.84 bits per heavy atom. The second kappa shape index (κ2) is 8.30. The molecule has 0 saturated carbocycles. The Morgan fingerprint density at radius 1 is 1.28 bits per heavy atom. The summed E-state index contributed by atoms with van der Waals surface area (Å²) in [7, 11) is -3.83. The van der Waals surface area contributed by atoms with Gasteiger partial charge >= 0.3 is 0 Å². The highest BCUT2D eigenvalue weighted by atomic mass is 32.2. The van der Waals surface area contributed by atoms with Gasteiger partial charge in [-0.05, 0) is 37.0 Å². The number of hydrogen-bond donors (Lipinski definition) is 2. The Kier molecular flexibility index (Phi) is 6.83. The Labute approximate surface area is 157 Å². The van der Waals surface area contributed by atoms with Gasteiger partial charge in [-0.1, -0.05) is 31.5 Å². The quantitative estimate of drug-likeness (QED) is 0.412. The molecule has 0 unspecified atom stereocenters. The van der Waals surface area contributed by atoms with Crippen LogP contribution in [0.25, 0.3) is 0 Å². The molecule has 6 nitrogen and oxygen atoms in total. The SMILES string of the molecule is CCSC1(SCC)C[C@H](C(=O)NO)N(S(=O)(=O)c2ccc(C)cc2)C1. The van der Waals surface area contributed by atoms with Crippen LogP contribution in [0, 0.1) is 6.92 Å². The molecule has 0 aromatic heterocycles. The molecule has 1 aromatic carbocycles. The zero-order chi connectivity index (χ0) is 18.7. The lowest BCUT2D eigenvalue weighted by atomic mass is 10.2. The maximum atomic E-state index is 13.1. The predicted molar refractivity (Wildman–Crippen MR) is 102 cm³/mol. The van der Waals surface area contributed by atoms with E-state index in [1.165, 1.54) is 4.31 Å². The van der Waals surface area contributed by atoms with Crippen molar-refractivity contribution in [2.75, 3.05) is 18.1 Å². The highest BCUT2D eigenvalue weighted by molar-refractivity contribution is 8.18. The van der Waals surface area contributed by atoms with Crippen molar-refractivity contribution in [3.8, 4) is 0 Å². The number of nitrogens with one attached hydrogen (secondary N) is 1. The molecule has 1 saturated heterocycles. The molecule has 0 aliphatic carbocycles. The van der Waals surface area contributed by atoms with Crippen molar-refractivity contribution < 1.29 is 18.4 Å². The van der Waals surface area contributed by atoms with Gasteiger partial charge in [-0.2, -0.15) is 4.31 Å². The number of thioether (sulfide) groups is 2. The lowest BCUT2D eigenvalue weighted by molar-refractivity contribution is -0.132. The first kappa shape index (κ1) is 20.6. The fourth-order valence-electron chi connectivity index (χ4n) is 2.98. The topological polar surface area (TPSA) is 86.7 Å². The molecule has 1 fully saturated rings. The highest BCUT2D eigenvalue weighted by Gasteiger charge is 2.51. The van der Waals surface area contributed by atoms with Crippen LogP contribution >= 0.6 is 23.5 Å². The van der Waals surface area contributed by atoms with E-state index in [0.717, 1.165) is 17.1 Å². The summed E-state index contributed by atoms with van der Waals surface area (Å²) in [6, 6.07) is 5.66. The van der Waals surface area contributed by atoms with Crippen LogP contribution in [0.1, 0.15) is 25.8 Å². The molecule has 1 amide bonds. The fraction of sp³-hybridized carbons (Fsp3) is 0.562. The molecule has 2 N–H and O–H groups in total. The average Bonchev–Trinajstić information content (AvgIpc) is 2.95. The van der Waals surface area contributed by atoms with Crippen LogP contribution in [0.15, 0.2) is 29.2 Å². The van der Waals surface area contributed by atoms with Crippen molar-refractivity contribution in [1.82, 2.24) is 9.79 Å². The zero-order valence-corrected chi connectivity index (χ0v) is 17.0. The first-order chi connectivity index (χ1) is 11.8. The molecule has 9 heteroatoms. The van der Waals surface area contributed by atoms with Crippen LogP contribution in [-0.2, 0) is 14.8 Å². The molecule has 0 radical (unpaired) electrons. The number of carbonyl (C=O) groups is 1.